The van der Waals surface area contributed by atoms with Crippen LogP contribution in [-0.4, -0.2) is 34.8 Å². The molecular weight excluding hydrogens is 374 g/mol. The summed E-state index contributed by atoms with van der Waals surface area (Å²) in [6, 6.07) is 15.5. The van der Waals surface area contributed by atoms with Gasteiger partial charge in [0.2, 0.25) is 11.8 Å². The molecule has 2 heterocycles. The molecule has 2 fully saturated rings. The predicted molar refractivity (Wildman–Crippen MR) is 117 cm³/mol. The lowest BCUT2D eigenvalue weighted by Gasteiger charge is -2.35. The zero-order valence-electron chi connectivity index (χ0n) is 17.5. The number of piperidine rings is 1. The molecule has 2 aromatic rings. The van der Waals surface area contributed by atoms with Crippen molar-refractivity contribution in [2.24, 2.45) is 11.8 Å². The van der Waals surface area contributed by atoms with Crippen LogP contribution in [0.2, 0.25) is 0 Å². The van der Waals surface area contributed by atoms with E-state index in [0.717, 1.165) is 36.9 Å². The zero-order valence-corrected chi connectivity index (χ0v) is 17.5. The second-order valence-electron chi connectivity index (χ2n) is 8.54. The third-order valence-corrected chi connectivity index (χ3v) is 6.53. The number of amides is 2. The maximum Gasteiger partial charge on any atom is 0.225 e. The Morgan fingerprint density at radius 1 is 0.867 bits per heavy atom. The van der Waals surface area contributed by atoms with Crippen molar-refractivity contribution >= 4 is 11.8 Å². The molecule has 1 saturated carbocycles. The maximum atomic E-state index is 13.1. The van der Waals surface area contributed by atoms with E-state index in [9.17, 15) is 9.59 Å². The molecule has 2 amide bonds. The van der Waals surface area contributed by atoms with Crippen LogP contribution in [0.1, 0.15) is 62.2 Å². The fraction of sp³-hybridized carbons (Fsp3) is 0.480. The van der Waals surface area contributed by atoms with Crippen molar-refractivity contribution in [2.45, 2.75) is 51.0 Å². The number of rotatable bonds is 5. The van der Waals surface area contributed by atoms with Gasteiger partial charge < -0.3 is 10.2 Å². The largest absolute Gasteiger partial charge is 0.343 e. The number of carbonyl (C=O) groups excluding carboxylic acids is 2. The van der Waals surface area contributed by atoms with E-state index in [1.54, 1.807) is 6.20 Å². The molecule has 0 bridgehead atoms. The second-order valence-corrected chi connectivity index (χ2v) is 8.54. The van der Waals surface area contributed by atoms with Gasteiger partial charge in [0.05, 0.1) is 11.7 Å². The van der Waals surface area contributed by atoms with Crippen molar-refractivity contribution in [2.75, 3.05) is 13.1 Å². The third-order valence-electron chi connectivity index (χ3n) is 6.53. The van der Waals surface area contributed by atoms with Gasteiger partial charge in [-0.05, 0) is 43.4 Å². The number of likely N-dealkylation sites (tertiary alicyclic amines) is 1. The number of pyridine rings is 1. The van der Waals surface area contributed by atoms with Gasteiger partial charge in [-0.2, -0.15) is 0 Å². The second kappa shape index (κ2) is 9.88. The monoisotopic (exact) mass is 405 g/mol. The van der Waals surface area contributed by atoms with Gasteiger partial charge in [0.1, 0.15) is 0 Å². The summed E-state index contributed by atoms with van der Waals surface area (Å²) in [7, 11) is 0. The number of nitrogens with zero attached hydrogens (tertiary/aromatic N) is 2. The van der Waals surface area contributed by atoms with Gasteiger partial charge in [0, 0.05) is 31.1 Å². The van der Waals surface area contributed by atoms with Crippen LogP contribution in [0.5, 0.6) is 0 Å². The molecule has 1 aliphatic carbocycles. The van der Waals surface area contributed by atoms with Gasteiger partial charge in [-0.3, -0.25) is 14.6 Å². The molecule has 5 nitrogen and oxygen atoms in total. The highest BCUT2D eigenvalue weighted by molar-refractivity contribution is 5.81. The zero-order chi connectivity index (χ0) is 20.8. The third kappa shape index (κ3) is 4.89. The van der Waals surface area contributed by atoms with E-state index in [2.05, 4.69) is 10.3 Å². The molecule has 4 rings (SSSR count). The van der Waals surface area contributed by atoms with Crippen LogP contribution < -0.4 is 5.32 Å². The molecule has 1 aliphatic heterocycles. The first-order chi connectivity index (χ1) is 14.7. The highest BCUT2D eigenvalue weighted by Gasteiger charge is 2.32. The van der Waals surface area contributed by atoms with Crippen LogP contribution in [0.25, 0.3) is 0 Å². The fourth-order valence-corrected chi connectivity index (χ4v) is 4.75. The molecule has 5 heteroatoms. The maximum absolute atomic E-state index is 13.1. The van der Waals surface area contributed by atoms with Crippen molar-refractivity contribution in [3.8, 4) is 0 Å². The normalized spacial score (nSPS) is 19.3. The van der Waals surface area contributed by atoms with Gasteiger partial charge in [-0.1, -0.05) is 55.7 Å². The summed E-state index contributed by atoms with van der Waals surface area (Å²) in [4.78, 5) is 32.4. The number of aromatic nitrogens is 1. The van der Waals surface area contributed by atoms with E-state index in [1.165, 1.54) is 19.3 Å². The Bertz CT molecular complexity index is 786. The summed E-state index contributed by atoms with van der Waals surface area (Å²) in [6.45, 7) is 1.38. The van der Waals surface area contributed by atoms with Crippen LogP contribution in [0, 0.1) is 11.8 Å². The average molecular weight is 406 g/mol. The first-order valence-corrected chi connectivity index (χ1v) is 11.3. The first-order valence-electron chi connectivity index (χ1n) is 11.3. The molecule has 30 heavy (non-hydrogen) atoms. The Labute approximate surface area is 178 Å². The number of carbonyl (C=O) groups is 2. The molecule has 1 unspecified atom stereocenters. The minimum atomic E-state index is -0.262. The quantitative estimate of drug-likeness (QED) is 0.814. The molecule has 0 spiro atoms. The Morgan fingerprint density at radius 2 is 1.57 bits per heavy atom. The van der Waals surface area contributed by atoms with Crippen LogP contribution in [0.4, 0.5) is 0 Å². The van der Waals surface area contributed by atoms with E-state index in [-0.39, 0.29) is 23.8 Å². The van der Waals surface area contributed by atoms with Crippen molar-refractivity contribution in [3.05, 3.63) is 66.0 Å². The minimum absolute atomic E-state index is 0.0549. The molecule has 1 atom stereocenters. The highest BCUT2D eigenvalue weighted by atomic mass is 16.2. The average Bonchev–Trinajstić information content (AvgIpc) is 2.83. The number of benzene rings is 1. The summed E-state index contributed by atoms with van der Waals surface area (Å²) in [5, 5.41) is 3.22. The molecule has 1 aromatic carbocycles. The van der Waals surface area contributed by atoms with Crippen molar-refractivity contribution in [1.82, 2.24) is 15.2 Å². The smallest absolute Gasteiger partial charge is 0.225 e. The summed E-state index contributed by atoms with van der Waals surface area (Å²) in [5.74, 6) is 0.509. The lowest BCUT2D eigenvalue weighted by Crippen LogP contribution is -2.46. The Hall–Kier alpha value is -2.69. The van der Waals surface area contributed by atoms with E-state index < -0.39 is 0 Å². The van der Waals surface area contributed by atoms with Gasteiger partial charge in [-0.25, -0.2) is 0 Å². The summed E-state index contributed by atoms with van der Waals surface area (Å²) in [6.07, 6.45) is 8.87. The van der Waals surface area contributed by atoms with Crippen LogP contribution in [0.3, 0.4) is 0 Å². The topological polar surface area (TPSA) is 62.3 Å². The Morgan fingerprint density at radius 3 is 2.23 bits per heavy atom. The molecule has 1 saturated heterocycles. The molecule has 1 aromatic heterocycles. The van der Waals surface area contributed by atoms with Crippen molar-refractivity contribution in [1.29, 1.82) is 0 Å². The molecule has 158 valence electrons. The van der Waals surface area contributed by atoms with Crippen LogP contribution in [-0.2, 0) is 9.59 Å². The van der Waals surface area contributed by atoms with Crippen LogP contribution in [0.15, 0.2) is 54.7 Å². The lowest BCUT2D eigenvalue weighted by atomic mass is 9.87. The number of nitrogens with one attached hydrogen (secondary N) is 1. The first kappa shape index (κ1) is 20.6. The minimum Gasteiger partial charge on any atom is -0.343 e. The lowest BCUT2D eigenvalue weighted by molar-refractivity contribution is -0.140. The van der Waals surface area contributed by atoms with Crippen molar-refractivity contribution in [3.63, 3.8) is 0 Å². The van der Waals surface area contributed by atoms with E-state index in [1.807, 2.05) is 53.4 Å². The Kier molecular flexibility index (Phi) is 6.77. The molecule has 0 radical (unpaired) electrons. The standard InChI is InChI=1S/C25H31N3O2/c29-24(20-14-17-28(18-15-20)25(30)21-11-5-2-6-12-21)27-23(19-9-3-1-4-10-19)22-13-7-8-16-26-22/h1,3-4,7-10,13,16,20-21,23H,2,5-6,11-12,14-15,17-18H2,(H,27,29). The molecule has 2 aliphatic rings. The Balaban J connectivity index is 1.37. The van der Waals surface area contributed by atoms with Gasteiger partial charge >= 0.3 is 0 Å². The highest BCUT2D eigenvalue weighted by Crippen LogP contribution is 2.28. The SMILES string of the molecule is O=C(NC(c1ccccc1)c1ccccn1)C1CCN(C(=O)C2CCCCC2)CC1. The predicted octanol–water partition coefficient (Wildman–Crippen LogP) is 4.11. The van der Waals surface area contributed by atoms with Crippen LogP contribution >= 0.6 is 0 Å². The van der Waals surface area contributed by atoms with Gasteiger partial charge in [-0.15, -0.1) is 0 Å². The van der Waals surface area contributed by atoms with E-state index in [0.29, 0.717) is 19.0 Å². The summed E-state index contributed by atoms with van der Waals surface area (Å²) < 4.78 is 0. The molecule has 1 N–H and O–H groups in total. The fourth-order valence-electron chi connectivity index (χ4n) is 4.75. The van der Waals surface area contributed by atoms with Crippen molar-refractivity contribution < 1.29 is 9.59 Å². The number of hydrogen-bond donors (Lipinski definition) is 1. The van der Waals surface area contributed by atoms with Gasteiger partial charge in [0.15, 0.2) is 0 Å². The molecular formula is C25H31N3O2. The summed E-state index contributed by atoms with van der Waals surface area (Å²) >= 11 is 0. The number of hydrogen-bond acceptors (Lipinski definition) is 3. The van der Waals surface area contributed by atoms with Gasteiger partial charge in [0.25, 0.3) is 0 Å². The van der Waals surface area contributed by atoms with E-state index >= 15 is 0 Å². The summed E-state index contributed by atoms with van der Waals surface area (Å²) in [5.41, 5.74) is 1.86. The van der Waals surface area contributed by atoms with E-state index in [4.69, 9.17) is 0 Å².